The molecule has 120 valence electrons. The van der Waals surface area contributed by atoms with Crippen LogP contribution in [0.15, 0.2) is 24.3 Å². The van der Waals surface area contributed by atoms with Gasteiger partial charge in [0.2, 0.25) is 5.91 Å². The zero-order valence-electron chi connectivity index (χ0n) is 12.8. The standard InChI is InChI=1S/C17H19N3O3/c21-14(9-12-6-5-11-3-1-2-4-13(11)12)20-8-7-17(10-20)15(22)18-16(23)19-17/h1-4,12H,5-10H2,(H2,18,19,22,23). The molecule has 2 heterocycles. The van der Waals surface area contributed by atoms with Crippen LogP contribution in [-0.4, -0.2) is 41.4 Å². The van der Waals surface area contributed by atoms with E-state index in [2.05, 4.69) is 22.8 Å². The molecule has 1 spiro atoms. The summed E-state index contributed by atoms with van der Waals surface area (Å²) in [5, 5.41) is 4.95. The molecule has 4 rings (SSSR count). The summed E-state index contributed by atoms with van der Waals surface area (Å²) >= 11 is 0. The van der Waals surface area contributed by atoms with E-state index in [1.807, 2.05) is 12.1 Å². The van der Waals surface area contributed by atoms with Gasteiger partial charge in [0.15, 0.2) is 0 Å². The molecule has 6 nitrogen and oxygen atoms in total. The average molecular weight is 313 g/mol. The molecule has 2 atom stereocenters. The van der Waals surface area contributed by atoms with Gasteiger partial charge in [-0.05, 0) is 36.3 Å². The third-order valence-electron chi connectivity index (χ3n) is 5.31. The van der Waals surface area contributed by atoms with Crippen LogP contribution in [-0.2, 0) is 16.0 Å². The van der Waals surface area contributed by atoms with Crippen LogP contribution in [0, 0.1) is 0 Å². The Labute approximate surface area is 134 Å². The maximum absolute atomic E-state index is 12.6. The molecule has 0 saturated carbocycles. The number of hydrogen-bond donors (Lipinski definition) is 2. The van der Waals surface area contributed by atoms with E-state index in [0.29, 0.717) is 19.4 Å². The molecule has 2 unspecified atom stereocenters. The van der Waals surface area contributed by atoms with Crippen molar-refractivity contribution in [2.75, 3.05) is 13.1 Å². The normalized spacial score (nSPS) is 28.9. The molecule has 2 N–H and O–H groups in total. The fourth-order valence-corrected chi connectivity index (χ4v) is 4.04. The molecule has 0 bridgehead atoms. The van der Waals surface area contributed by atoms with Crippen molar-refractivity contribution in [3.63, 3.8) is 0 Å². The van der Waals surface area contributed by atoms with Crippen molar-refractivity contribution in [1.82, 2.24) is 15.5 Å². The van der Waals surface area contributed by atoms with Gasteiger partial charge in [-0.2, -0.15) is 0 Å². The van der Waals surface area contributed by atoms with Crippen LogP contribution in [0.3, 0.4) is 0 Å². The third-order valence-corrected chi connectivity index (χ3v) is 5.31. The summed E-state index contributed by atoms with van der Waals surface area (Å²) in [6, 6.07) is 7.83. The summed E-state index contributed by atoms with van der Waals surface area (Å²) in [6.45, 7) is 0.790. The van der Waals surface area contributed by atoms with E-state index in [0.717, 1.165) is 12.8 Å². The van der Waals surface area contributed by atoms with Gasteiger partial charge in [-0.15, -0.1) is 0 Å². The molecule has 1 aromatic carbocycles. The van der Waals surface area contributed by atoms with E-state index < -0.39 is 11.6 Å². The molecule has 1 aromatic rings. The molecule has 1 aliphatic carbocycles. The van der Waals surface area contributed by atoms with Gasteiger partial charge in [0.05, 0.1) is 6.54 Å². The van der Waals surface area contributed by atoms with Crippen molar-refractivity contribution in [2.45, 2.75) is 37.1 Å². The molecule has 6 heteroatoms. The molecular formula is C17H19N3O3. The number of urea groups is 1. The first kappa shape index (κ1) is 14.2. The Hall–Kier alpha value is -2.37. The lowest BCUT2D eigenvalue weighted by Gasteiger charge is -2.22. The Bertz CT molecular complexity index is 702. The number of benzene rings is 1. The number of aryl methyl sites for hydroxylation is 1. The van der Waals surface area contributed by atoms with Crippen molar-refractivity contribution in [3.8, 4) is 0 Å². The van der Waals surface area contributed by atoms with Crippen LogP contribution in [0.1, 0.15) is 36.3 Å². The molecule has 2 aliphatic heterocycles. The quantitative estimate of drug-likeness (QED) is 0.797. The number of carbonyl (C=O) groups is 3. The van der Waals surface area contributed by atoms with Gasteiger partial charge in [0.1, 0.15) is 5.54 Å². The van der Waals surface area contributed by atoms with Crippen molar-refractivity contribution >= 4 is 17.8 Å². The number of rotatable bonds is 2. The number of nitrogens with one attached hydrogen (secondary N) is 2. The molecule has 0 radical (unpaired) electrons. The highest BCUT2D eigenvalue weighted by Gasteiger charge is 2.51. The highest BCUT2D eigenvalue weighted by atomic mass is 16.2. The zero-order valence-corrected chi connectivity index (χ0v) is 12.8. The topological polar surface area (TPSA) is 78.5 Å². The van der Waals surface area contributed by atoms with Gasteiger partial charge in [0.25, 0.3) is 5.91 Å². The Morgan fingerprint density at radius 2 is 2.13 bits per heavy atom. The second kappa shape index (κ2) is 5.08. The number of carbonyl (C=O) groups excluding carboxylic acids is 3. The van der Waals surface area contributed by atoms with Crippen molar-refractivity contribution in [1.29, 1.82) is 0 Å². The number of nitrogens with zero attached hydrogens (tertiary/aromatic N) is 1. The minimum absolute atomic E-state index is 0.0672. The highest BCUT2D eigenvalue weighted by Crippen LogP contribution is 2.36. The summed E-state index contributed by atoms with van der Waals surface area (Å²) in [7, 11) is 0. The predicted octanol–water partition coefficient (Wildman–Crippen LogP) is 0.917. The van der Waals surface area contributed by atoms with E-state index >= 15 is 0 Å². The third kappa shape index (κ3) is 2.29. The van der Waals surface area contributed by atoms with E-state index in [4.69, 9.17) is 0 Å². The lowest BCUT2D eigenvalue weighted by atomic mass is 9.97. The minimum Gasteiger partial charge on any atom is -0.340 e. The molecule has 4 amide bonds. The Kier molecular flexibility index (Phi) is 3.14. The van der Waals surface area contributed by atoms with Crippen LogP contribution in [0.4, 0.5) is 4.79 Å². The summed E-state index contributed by atoms with van der Waals surface area (Å²) in [5.74, 6) is 0.0174. The Balaban J connectivity index is 1.43. The van der Waals surface area contributed by atoms with Crippen molar-refractivity contribution < 1.29 is 14.4 Å². The van der Waals surface area contributed by atoms with E-state index in [1.165, 1.54) is 11.1 Å². The molecular weight excluding hydrogens is 294 g/mol. The van der Waals surface area contributed by atoms with Gasteiger partial charge in [-0.3, -0.25) is 14.9 Å². The second-order valence-electron chi connectivity index (χ2n) is 6.69. The largest absolute Gasteiger partial charge is 0.340 e. The number of amides is 4. The lowest BCUT2D eigenvalue weighted by molar-refractivity contribution is -0.131. The number of likely N-dealkylation sites (tertiary alicyclic amines) is 1. The van der Waals surface area contributed by atoms with Crippen LogP contribution < -0.4 is 10.6 Å². The molecule has 3 aliphatic rings. The summed E-state index contributed by atoms with van der Waals surface area (Å²) in [6.07, 6.45) is 2.98. The number of fused-ring (bicyclic) bond motifs is 1. The molecule has 0 aromatic heterocycles. The fraction of sp³-hybridized carbons (Fsp3) is 0.471. The number of hydrogen-bond acceptors (Lipinski definition) is 3. The smallest absolute Gasteiger partial charge is 0.322 e. The maximum atomic E-state index is 12.6. The monoisotopic (exact) mass is 313 g/mol. The maximum Gasteiger partial charge on any atom is 0.322 e. The van der Waals surface area contributed by atoms with Crippen LogP contribution in [0.2, 0.25) is 0 Å². The summed E-state index contributed by atoms with van der Waals surface area (Å²) < 4.78 is 0. The van der Waals surface area contributed by atoms with Gasteiger partial charge >= 0.3 is 6.03 Å². The average Bonchev–Trinajstić information content (AvgIpc) is 3.20. The highest BCUT2D eigenvalue weighted by molar-refractivity contribution is 6.07. The number of imide groups is 1. The fourth-order valence-electron chi connectivity index (χ4n) is 4.04. The van der Waals surface area contributed by atoms with Gasteiger partial charge in [-0.25, -0.2) is 4.79 Å². The van der Waals surface area contributed by atoms with E-state index in [-0.39, 0.29) is 24.3 Å². The van der Waals surface area contributed by atoms with Gasteiger partial charge in [0, 0.05) is 13.0 Å². The minimum atomic E-state index is -0.916. The van der Waals surface area contributed by atoms with Crippen molar-refractivity contribution in [2.24, 2.45) is 0 Å². The molecule has 2 fully saturated rings. The first-order valence-electron chi connectivity index (χ1n) is 8.07. The summed E-state index contributed by atoms with van der Waals surface area (Å²) in [5.41, 5.74) is 1.70. The SMILES string of the molecule is O=C1NC(=O)C2(CCN(C(=O)CC3CCc4ccccc43)C2)N1. The van der Waals surface area contributed by atoms with Crippen LogP contribution in [0.5, 0.6) is 0 Å². The molecule has 23 heavy (non-hydrogen) atoms. The first-order chi connectivity index (χ1) is 11.1. The van der Waals surface area contributed by atoms with E-state index in [1.54, 1.807) is 4.90 Å². The summed E-state index contributed by atoms with van der Waals surface area (Å²) in [4.78, 5) is 37.6. The van der Waals surface area contributed by atoms with Crippen LogP contribution in [0.25, 0.3) is 0 Å². The van der Waals surface area contributed by atoms with Gasteiger partial charge in [-0.1, -0.05) is 24.3 Å². The van der Waals surface area contributed by atoms with E-state index in [9.17, 15) is 14.4 Å². The Morgan fingerprint density at radius 3 is 2.91 bits per heavy atom. The zero-order chi connectivity index (χ0) is 16.0. The molecule has 2 saturated heterocycles. The Morgan fingerprint density at radius 1 is 1.30 bits per heavy atom. The van der Waals surface area contributed by atoms with Crippen LogP contribution >= 0.6 is 0 Å². The second-order valence-corrected chi connectivity index (χ2v) is 6.69. The van der Waals surface area contributed by atoms with Gasteiger partial charge < -0.3 is 10.2 Å². The lowest BCUT2D eigenvalue weighted by Crippen LogP contribution is -2.49. The first-order valence-corrected chi connectivity index (χ1v) is 8.07. The van der Waals surface area contributed by atoms with Crippen molar-refractivity contribution in [3.05, 3.63) is 35.4 Å². The predicted molar refractivity (Wildman–Crippen MR) is 82.7 cm³/mol.